The fourth-order valence-corrected chi connectivity index (χ4v) is 3.24. The molecule has 2 aromatic carbocycles. The van der Waals surface area contributed by atoms with E-state index in [0.29, 0.717) is 12.5 Å². The molecule has 7 heteroatoms. The van der Waals surface area contributed by atoms with Crippen LogP contribution in [0.3, 0.4) is 0 Å². The van der Waals surface area contributed by atoms with Gasteiger partial charge >= 0.3 is 0 Å². The van der Waals surface area contributed by atoms with Gasteiger partial charge in [0, 0.05) is 13.1 Å². The largest absolute Gasteiger partial charge is 0.341 e. The number of hydrogen-bond acceptors (Lipinski definition) is 5. The normalized spacial score (nSPS) is 16.7. The fourth-order valence-electron chi connectivity index (χ4n) is 3.24. The van der Waals surface area contributed by atoms with Gasteiger partial charge in [-0.15, -0.1) is 0 Å². The molecule has 138 valence electrons. The van der Waals surface area contributed by atoms with Gasteiger partial charge in [0.05, 0.1) is 5.69 Å². The topological polar surface area (TPSA) is 75.9 Å². The van der Waals surface area contributed by atoms with Crippen molar-refractivity contribution in [3.63, 3.8) is 0 Å². The molecule has 4 rings (SSSR count). The maximum absolute atomic E-state index is 12.8. The molecule has 27 heavy (non-hydrogen) atoms. The molecule has 2 heterocycles. The predicted octanol–water partition coefficient (Wildman–Crippen LogP) is 2.49. The van der Waals surface area contributed by atoms with Crippen LogP contribution < -0.4 is 5.32 Å². The summed E-state index contributed by atoms with van der Waals surface area (Å²) in [6, 6.07) is 15.9. The first kappa shape index (κ1) is 17.2. The SMILES string of the molecule is Cc1ccc(CN2CCC(Nc3nnnn3-c3ccc(C)cc3)C2=O)cc1. The van der Waals surface area contributed by atoms with Crippen LogP contribution in [0.2, 0.25) is 0 Å². The minimum atomic E-state index is -0.314. The highest BCUT2D eigenvalue weighted by atomic mass is 16.2. The van der Waals surface area contributed by atoms with Crippen molar-refractivity contribution < 1.29 is 4.79 Å². The molecule has 1 aromatic heterocycles. The molecule has 1 unspecified atom stereocenters. The van der Waals surface area contributed by atoms with Crippen molar-refractivity contribution in [3.8, 4) is 5.69 Å². The number of nitrogens with zero attached hydrogens (tertiary/aromatic N) is 5. The Morgan fingerprint density at radius 2 is 1.70 bits per heavy atom. The maximum Gasteiger partial charge on any atom is 0.248 e. The number of benzene rings is 2. The van der Waals surface area contributed by atoms with Crippen molar-refractivity contribution in [2.75, 3.05) is 11.9 Å². The Kier molecular flexibility index (Phi) is 4.58. The highest BCUT2D eigenvalue weighted by Crippen LogP contribution is 2.20. The number of rotatable bonds is 5. The summed E-state index contributed by atoms with van der Waals surface area (Å²) < 4.78 is 1.62. The van der Waals surface area contributed by atoms with Crippen molar-refractivity contribution in [2.45, 2.75) is 32.9 Å². The molecule has 1 fully saturated rings. The molecule has 0 spiro atoms. The van der Waals surface area contributed by atoms with Crippen LogP contribution in [-0.4, -0.2) is 43.6 Å². The van der Waals surface area contributed by atoms with Crippen molar-refractivity contribution in [1.29, 1.82) is 0 Å². The van der Waals surface area contributed by atoms with E-state index in [0.717, 1.165) is 24.2 Å². The quantitative estimate of drug-likeness (QED) is 0.755. The minimum Gasteiger partial charge on any atom is -0.341 e. The lowest BCUT2D eigenvalue weighted by atomic mass is 10.1. The first-order valence-corrected chi connectivity index (χ1v) is 9.06. The van der Waals surface area contributed by atoms with Crippen molar-refractivity contribution in [2.24, 2.45) is 0 Å². The third-order valence-electron chi connectivity index (χ3n) is 4.84. The van der Waals surface area contributed by atoms with Gasteiger partial charge in [-0.2, -0.15) is 4.68 Å². The molecule has 1 amide bonds. The van der Waals surface area contributed by atoms with Crippen LogP contribution >= 0.6 is 0 Å². The Morgan fingerprint density at radius 3 is 2.41 bits per heavy atom. The summed E-state index contributed by atoms with van der Waals surface area (Å²) in [5.74, 6) is 0.559. The summed E-state index contributed by atoms with van der Waals surface area (Å²) in [4.78, 5) is 14.7. The second-order valence-corrected chi connectivity index (χ2v) is 6.98. The number of carbonyl (C=O) groups is 1. The molecule has 0 saturated carbocycles. The first-order valence-electron chi connectivity index (χ1n) is 9.06. The molecule has 0 radical (unpaired) electrons. The number of hydrogen-bond donors (Lipinski definition) is 1. The van der Waals surface area contributed by atoms with Crippen molar-refractivity contribution in [3.05, 3.63) is 65.2 Å². The van der Waals surface area contributed by atoms with Gasteiger partial charge < -0.3 is 10.2 Å². The lowest BCUT2D eigenvalue weighted by molar-refractivity contribution is -0.128. The zero-order valence-electron chi connectivity index (χ0n) is 15.5. The molecule has 1 N–H and O–H groups in total. The average Bonchev–Trinajstić information content (AvgIpc) is 3.26. The Balaban J connectivity index is 1.45. The summed E-state index contributed by atoms with van der Waals surface area (Å²) in [7, 11) is 0. The number of tetrazole rings is 1. The van der Waals surface area contributed by atoms with Crippen LogP contribution in [0.15, 0.2) is 48.5 Å². The minimum absolute atomic E-state index is 0.0778. The van der Waals surface area contributed by atoms with Crippen LogP contribution in [0, 0.1) is 13.8 Å². The Bertz CT molecular complexity index is 932. The molecule has 3 aromatic rings. The van der Waals surface area contributed by atoms with E-state index >= 15 is 0 Å². The van der Waals surface area contributed by atoms with E-state index in [1.165, 1.54) is 11.1 Å². The predicted molar refractivity (Wildman–Crippen MR) is 103 cm³/mol. The summed E-state index contributed by atoms with van der Waals surface area (Å²) in [5, 5.41) is 15.1. The standard InChI is InChI=1S/C20H22N6O/c1-14-3-7-16(8-4-14)13-25-12-11-18(19(25)27)21-20-22-23-24-26(20)17-9-5-15(2)6-10-17/h3-10,18H,11-13H2,1-2H3,(H,21,22,24). The molecule has 1 aliphatic heterocycles. The van der Waals surface area contributed by atoms with Crippen LogP contribution in [0.5, 0.6) is 0 Å². The molecule has 1 atom stereocenters. The van der Waals surface area contributed by atoms with Crippen molar-refractivity contribution >= 4 is 11.9 Å². The summed E-state index contributed by atoms with van der Waals surface area (Å²) in [6.07, 6.45) is 0.728. The highest BCUT2D eigenvalue weighted by molar-refractivity contribution is 5.86. The van der Waals surface area contributed by atoms with E-state index in [-0.39, 0.29) is 11.9 Å². The molecule has 0 bridgehead atoms. The molecule has 1 saturated heterocycles. The fraction of sp³-hybridized carbons (Fsp3) is 0.300. The number of amides is 1. The van der Waals surface area contributed by atoms with Crippen LogP contribution in [-0.2, 0) is 11.3 Å². The van der Waals surface area contributed by atoms with Crippen molar-refractivity contribution in [1.82, 2.24) is 25.1 Å². The zero-order chi connectivity index (χ0) is 18.8. The van der Waals surface area contributed by atoms with Gasteiger partial charge in [-0.25, -0.2) is 0 Å². The Hall–Kier alpha value is -3.22. The Morgan fingerprint density at radius 1 is 1.04 bits per heavy atom. The molecule has 7 nitrogen and oxygen atoms in total. The molecular formula is C20H22N6O. The van der Waals surface area contributed by atoms with E-state index in [1.807, 2.05) is 36.1 Å². The summed E-state index contributed by atoms with van der Waals surface area (Å²) in [6.45, 7) is 5.43. The smallest absolute Gasteiger partial charge is 0.248 e. The van der Waals surface area contributed by atoms with Gasteiger partial charge in [-0.3, -0.25) is 4.79 Å². The number of aromatic nitrogens is 4. The number of likely N-dealkylation sites (tertiary alicyclic amines) is 1. The van der Waals surface area contributed by atoms with E-state index in [9.17, 15) is 4.79 Å². The third kappa shape index (κ3) is 3.67. The second kappa shape index (κ2) is 7.19. The third-order valence-corrected chi connectivity index (χ3v) is 4.84. The molecule has 1 aliphatic rings. The maximum atomic E-state index is 12.8. The lowest BCUT2D eigenvalue weighted by Crippen LogP contribution is -2.33. The number of anilines is 1. The number of carbonyl (C=O) groups excluding carboxylic acids is 1. The van der Waals surface area contributed by atoms with Gasteiger partial charge in [0.15, 0.2) is 0 Å². The Labute approximate surface area is 158 Å². The monoisotopic (exact) mass is 362 g/mol. The lowest BCUT2D eigenvalue weighted by Gasteiger charge is -2.17. The summed E-state index contributed by atoms with van der Waals surface area (Å²) >= 11 is 0. The van der Waals surface area contributed by atoms with Gasteiger partial charge in [0.25, 0.3) is 0 Å². The van der Waals surface area contributed by atoms with Gasteiger partial charge in [0.2, 0.25) is 11.9 Å². The molecule has 0 aliphatic carbocycles. The van der Waals surface area contributed by atoms with E-state index in [4.69, 9.17) is 0 Å². The van der Waals surface area contributed by atoms with Gasteiger partial charge in [0.1, 0.15) is 6.04 Å². The van der Waals surface area contributed by atoms with Crippen LogP contribution in [0.4, 0.5) is 5.95 Å². The molecular weight excluding hydrogens is 340 g/mol. The highest BCUT2D eigenvalue weighted by Gasteiger charge is 2.32. The first-order chi connectivity index (χ1) is 13.1. The van der Waals surface area contributed by atoms with E-state index in [1.54, 1.807) is 4.68 Å². The van der Waals surface area contributed by atoms with Gasteiger partial charge in [-0.1, -0.05) is 52.6 Å². The summed E-state index contributed by atoms with van der Waals surface area (Å²) in [5.41, 5.74) is 4.38. The second-order valence-electron chi connectivity index (χ2n) is 6.98. The zero-order valence-corrected chi connectivity index (χ0v) is 15.5. The average molecular weight is 362 g/mol. The number of aryl methyl sites for hydroxylation is 2. The number of nitrogens with one attached hydrogen (secondary N) is 1. The van der Waals surface area contributed by atoms with Crippen LogP contribution in [0.1, 0.15) is 23.1 Å². The van der Waals surface area contributed by atoms with E-state index in [2.05, 4.69) is 52.0 Å². The van der Waals surface area contributed by atoms with Gasteiger partial charge in [-0.05, 0) is 48.4 Å². The van der Waals surface area contributed by atoms with E-state index < -0.39 is 0 Å². The van der Waals surface area contributed by atoms with Crippen LogP contribution in [0.25, 0.3) is 5.69 Å².